The number of halogens is 4. The Morgan fingerprint density at radius 3 is 2.24 bits per heavy atom. The highest BCUT2D eigenvalue weighted by molar-refractivity contribution is 7.11. The van der Waals surface area contributed by atoms with Crippen molar-refractivity contribution in [3.8, 4) is 5.88 Å². The van der Waals surface area contributed by atoms with E-state index < -0.39 is 64.4 Å². The van der Waals surface area contributed by atoms with Crippen molar-refractivity contribution in [3.05, 3.63) is 40.0 Å². The number of aromatic carboxylic acids is 1. The monoisotopic (exact) mass is 506 g/mol. The summed E-state index contributed by atoms with van der Waals surface area (Å²) in [5.74, 6) is -8.55. The van der Waals surface area contributed by atoms with Crippen LogP contribution in [0.1, 0.15) is 54.6 Å². The summed E-state index contributed by atoms with van der Waals surface area (Å²) in [6.45, 7) is 5.18. The Kier molecular flexibility index (Phi) is 10.1. The molecular weight excluding hydrogens is 480 g/mol. The van der Waals surface area contributed by atoms with Crippen molar-refractivity contribution in [2.75, 3.05) is 18.4 Å². The number of nitrogens with zero attached hydrogens (tertiary/aromatic N) is 1. The van der Waals surface area contributed by atoms with Gasteiger partial charge in [-0.25, -0.2) is 27.2 Å². The molecule has 2 aromatic rings. The molecule has 0 fully saturated rings. The van der Waals surface area contributed by atoms with Crippen molar-refractivity contribution in [3.63, 3.8) is 0 Å². The van der Waals surface area contributed by atoms with Crippen LogP contribution in [0.25, 0.3) is 0 Å². The van der Waals surface area contributed by atoms with Gasteiger partial charge in [-0.05, 0) is 37.8 Å². The predicted molar refractivity (Wildman–Crippen MR) is 118 cm³/mol. The molecule has 34 heavy (non-hydrogen) atoms. The Hall–Kier alpha value is -2.93. The second-order valence-corrected chi connectivity index (χ2v) is 8.47. The second-order valence-electron chi connectivity index (χ2n) is 7.70. The lowest BCUT2D eigenvalue weighted by molar-refractivity contribution is 0.0692. The first kappa shape index (κ1) is 27.3. The van der Waals surface area contributed by atoms with Gasteiger partial charge in [-0.2, -0.15) is 4.37 Å². The van der Waals surface area contributed by atoms with Crippen molar-refractivity contribution in [1.29, 1.82) is 0 Å². The van der Waals surface area contributed by atoms with Gasteiger partial charge < -0.3 is 20.5 Å². The van der Waals surface area contributed by atoms with Gasteiger partial charge in [0.1, 0.15) is 11.6 Å². The van der Waals surface area contributed by atoms with E-state index in [-0.39, 0.29) is 5.00 Å². The van der Waals surface area contributed by atoms with Gasteiger partial charge >= 0.3 is 12.0 Å². The zero-order valence-corrected chi connectivity index (χ0v) is 19.7. The summed E-state index contributed by atoms with van der Waals surface area (Å²) in [4.78, 5) is 23.7. The van der Waals surface area contributed by atoms with Crippen LogP contribution >= 0.6 is 11.5 Å². The van der Waals surface area contributed by atoms with Crippen molar-refractivity contribution in [1.82, 2.24) is 15.0 Å². The highest BCUT2D eigenvalue weighted by Gasteiger charge is 2.27. The number of urea groups is 1. The number of hydrogen-bond acceptors (Lipinski definition) is 6. The number of rotatable bonds is 12. The summed E-state index contributed by atoms with van der Waals surface area (Å²) in [5.41, 5.74) is -2.45. The first-order valence-electron chi connectivity index (χ1n) is 10.5. The van der Waals surface area contributed by atoms with Gasteiger partial charge in [0, 0.05) is 18.2 Å². The van der Waals surface area contributed by atoms with Crippen LogP contribution in [0.2, 0.25) is 0 Å². The third-order valence-corrected chi connectivity index (χ3v) is 5.47. The topological polar surface area (TPSA) is 113 Å². The molecule has 0 bridgehead atoms. The number of aromatic nitrogens is 1. The van der Waals surface area contributed by atoms with Gasteiger partial charge in [0.05, 0.1) is 5.56 Å². The smallest absolute Gasteiger partial charge is 0.344 e. The zero-order chi connectivity index (χ0) is 25.4. The van der Waals surface area contributed by atoms with Crippen molar-refractivity contribution in [2.45, 2.75) is 52.7 Å². The van der Waals surface area contributed by atoms with E-state index in [2.05, 4.69) is 20.3 Å². The molecule has 0 saturated heterocycles. The molecule has 1 heterocycles. The fourth-order valence-electron chi connectivity index (χ4n) is 2.87. The van der Waals surface area contributed by atoms with E-state index in [1.54, 1.807) is 0 Å². The third kappa shape index (κ3) is 7.03. The molecule has 188 valence electrons. The summed E-state index contributed by atoms with van der Waals surface area (Å²) < 4.78 is 64.3. The summed E-state index contributed by atoms with van der Waals surface area (Å²) in [7, 11) is 0. The van der Waals surface area contributed by atoms with Crippen molar-refractivity contribution >= 4 is 28.5 Å². The minimum atomic E-state index is -1.65. The molecule has 0 aliphatic rings. The van der Waals surface area contributed by atoms with E-state index in [0.29, 0.717) is 24.1 Å². The number of carbonyl (C=O) groups is 2. The molecule has 0 radical (unpaired) electrons. The zero-order valence-electron chi connectivity index (χ0n) is 18.9. The van der Waals surface area contributed by atoms with Gasteiger partial charge in [-0.3, -0.25) is 5.32 Å². The second kappa shape index (κ2) is 12.5. The number of carboxylic acids is 1. The van der Waals surface area contributed by atoms with Crippen molar-refractivity contribution < 1.29 is 37.0 Å². The highest BCUT2D eigenvalue weighted by atomic mass is 32.1. The average molecular weight is 507 g/mol. The standard InChI is InChI=1S/C21H26F4N4O4S/c1-10(2)26-7-5-4-6-8-27-21(32)28-19-13(20(30)31)18(29-34-19)33-9-12-16(24)14(22)11(3)15(23)17(12)25/h10,26H,4-9H2,1-3H3,(H,30,31)(H2,27,28,32). The number of hydrogen-bond donors (Lipinski definition) is 4. The average Bonchev–Trinajstić information content (AvgIpc) is 3.18. The maximum atomic E-state index is 14.0. The summed E-state index contributed by atoms with van der Waals surface area (Å²) in [6, 6.07) is -0.268. The summed E-state index contributed by atoms with van der Waals surface area (Å²) >= 11 is 0.566. The molecule has 1 aromatic carbocycles. The molecule has 4 N–H and O–H groups in total. The lowest BCUT2D eigenvalue weighted by atomic mass is 10.1. The van der Waals surface area contributed by atoms with Gasteiger partial charge in [-0.1, -0.05) is 20.3 Å². The number of carbonyl (C=O) groups excluding carboxylic acids is 1. The van der Waals surface area contributed by atoms with Crippen LogP contribution in [-0.4, -0.2) is 40.6 Å². The van der Waals surface area contributed by atoms with Crippen molar-refractivity contribution in [2.24, 2.45) is 0 Å². The Morgan fingerprint density at radius 2 is 1.65 bits per heavy atom. The van der Waals surface area contributed by atoms with E-state index in [0.717, 1.165) is 32.7 Å². The molecule has 8 nitrogen and oxygen atoms in total. The minimum Gasteiger partial charge on any atom is -0.477 e. The normalized spacial score (nSPS) is 11.1. The van der Waals surface area contributed by atoms with Gasteiger partial charge in [-0.15, -0.1) is 0 Å². The van der Waals surface area contributed by atoms with Crippen LogP contribution in [-0.2, 0) is 6.61 Å². The molecule has 0 aliphatic heterocycles. The van der Waals surface area contributed by atoms with E-state index in [1.807, 2.05) is 13.8 Å². The van der Waals surface area contributed by atoms with Crippen LogP contribution < -0.4 is 20.7 Å². The SMILES string of the molecule is Cc1c(F)c(F)c(COc2nsc(NC(=O)NCCCCCNC(C)C)c2C(=O)O)c(F)c1F. The van der Waals surface area contributed by atoms with Crippen LogP contribution in [0.3, 0.4) is 0 Å². The number of benzene rings is 1. The number of amides is 2. The number of anilines is 1. The number of unbranched alkanes of at least 4 members (excludes halogenated alkanes) is 2. The molecule has 13 heteroatoms. The maximum absolute atomic E-state index is 14.0. The first-order valence-corrected chi connectivity index (χ1v) is 11.3. The number of nitrogens with one attached hydrogen (secondary N) is 3. The third-order valence-electron chi connectivity index (χ3n) is 4.72. The van der Waals surface area contributed by atoms with Crippen LogP contribution in [0.4, 0.5) is 27.4 Å². The van der Waals surface area contributed by atoms with Crippen LogP contribution in [0.15, 0.2) is 0 Å². The quantitative estimate of drug-likeness (QED) is 0.191. The number of carboxylic acid groups (broad SMARTS) is 1. The largest absolute Gasteiger partial charge is 0.477 e. The molecule has 0 spiro atoms. The van der Waals surface area contributed by atoms with E-state index in [9.17, 15) is 32.3 Å². The lowest BCUT2D eigenvalue weighted by Crippen LogP contribution is -2.30. The maximum Gasteiger partial charge on any atom is 0.344 e. The molecular formula is C21H26F4N4O4S. The van der Waals surface area contributed by atoms with Crippen LogP contribution in [0.5, 0.6) is 5.88 Å². The van der Waals surface area contributed by atoms with E-state index in [1.165, 1.54) is 0 Å². The minimum absolute atomic E-state index is 0.177. The summed E-state index contributed by atoms with van der Waals surface area (Å²) in [5, 5.41) is 17.5. The van der Waals surface area contributed by atoms with Gasteiger partial charge in [0.25, 0.3) is 0 Å². The number of ether oxygens (including phenoxy) is 1. The molecule has 0 unspecified atom stereocenters. The fourth-order valence-corrected chi connectivity index (χ4v) is 3.59. The Balaban J connectivity index is 1.98. The molecule has 0 atom stereocenters. The Bertz CT molecular complexity index is 1000. The molecule has 2 rings (SSSR count). The molecule has 0 aliphatic carbocycles. The fraction of sp³-hybridized carbons (Fsp3) is 0.476. The molecule has 0 saturated carbocycles. The Labute approximate surface area is 197 Å². The lowest BCUT2D eigenvalue weighted by Gasteiger charge is -2.11. The summed E-state index contributed by atoms with van der Waals surface area (Å²) in [6.07, 6.45) is 2.54. The van der Waals surface area contributed by atoms with E-state index in [4.69, 9.17) is 4.74 Å². The molecule has 1 aromatic heterocycles. The van der Waals surface area contributed by atoms with Crippen LogP contribution in [0, 0.1) is 30.2 Å². The highest BCUT2D eigenvalue weighted by Crippen LogP contribution is 2.32. The van der Waals surface area contributed by atoms with Gasteiger partial charge in [0.2, 0.25) is 5.88 Å². The predicted octanol–water partition coefficient (Wildman–Crippen LogP) is 4.57. The van der Waals surface area contributed by atoms with E-state index >= 15 is 0 Å². The molecule has 2 amide bonds. The first-order chi connectivity index (χ1) is 16.0. The Morgan fingerprint density at radius 1 is 1.03 bits per heavy atom. The van der Waals surface area contributed by atoms with Gasteiger partial charge in [0.15, 0.2) is 28.8 Å².